The van der Waals surface area contributed by atoms with Gasteiger partial charge in [0.2, 0.25) is 0 Å². The van der Waals surface area contributed by atoms with E-state index >= 15 is 0 Å². The van der Waals surface area contributed by atoms with Gasteiger partial charge >= 0.3 is 11.9 Å². The van der Waals surface area contributed by atoms with Crippen molar-refractivity contribution < 1.29 is 43.2 Å². The molecule has 0 radical (unpaired) electrons. The number of aliphatic carboxylic acids is 1. The molecule has 1 N–H and O–H groups in total. The monoisotopic (exact) mass is 570 g/mol. The Labute approximate surface area is 242 Å². The highest BCUT2D eigenvalue weighted by molar-refractivity contribution is 6.00. The number of Topliss-reactive ketones (excluding diaryl/α,β-unsaturated/α-hetero) is 1. The number of ketones is 1. The van der Waals surface area contributed by atoms with Gasteiger partial charge in [-0.3, -0.25) is 14.4 Å². The molecule has 3 rings (SSSR count). The van der Waals surface area contributed by atoms with E-state index in [9.17, 15) is 14.4 Å². The van der Waals surface area contributed by atoms with Crippen LogP contribution in [0, 0.1) is 0 Å². The van der Waals surface area contributed by atoms with Gasteiger partial charge in [-0.1, -0.05) is 13.3 Å². The number of carboxylic acids is 1. The third-order valence-electron chi connectivity index (χ3n) is 6.81. The molecule has 9 nitrogen and oxygen atoms in total. The smallest absolute Gasteiger partial charge is 0.305 e. The molecule has 1 heterocycles. The molecular weight excluding hydrogens is 528 g/mol. The van der Waals surface area contributed by atoms with Crippen LogP contribution in [0.3, 0.4) is 0 Å². The van der Waals surface area contributed by atoms with E-state index < -0.39 is 5.97 Å². The third-order valence-corrected chi connectivity index (χ3v) is 6.81. The number of methoxy groups -OCH3 is 1. The summed E-state index contributed by atoms with van der Waals surface area (Å²) in [6, 6.07) is 9.16. The first-order valence-corrected chi connectivity index (χ1v) is 14.5. The highest BCUT2D eigenvalue weighted by atomic mass is 16.5. The number of hydrogen-bond donors (Lipinski definition) is 1. The third kappa shape index (κ3) is 10.3. The second kappa shape index (κ2) is 17.1. The lowest BCUT2D eigenvalue weighted by molar-refractivity contribution is -0.141. The quantitative estimate of drug-likeness (QED) is 0.161. The molecule has 0 fully saturated rings. The molecule has 9 heteroatoms. The second-order valence-corrected chi connectivity index (χ2v) is 9.99. The maximum absolute atomic E-state index is 12.2. The number of carboxylic acid groups (broad SMARTS) is 1. The van der Waals surface area contributed by atoms with Crippen molar-refractivity contribution in [3.8, 4) is 23.0 Å². The molecule has 0 saturated heterocycles. The van der Waals surface area contributed by atoms with Crippen molar-refractivity contribution in [2.75, 3.05) is 33.5 Å². The van der Waals surface area contributed by atoms with E-state index in [2.05, 4.69) is 11.7 Å². The number of carbonyl (C=O) groups excluding carboxylic acids is 2. The lowest BCUT2D eigenvalue weighted by atomic mass is 9.98. The Morgan fingerprint density at radius 2 is 1.59 bits per heavy atom. The van der Waals surface area contributed by atoms with Gasteiger partial charge in [-0.15, -0.1) is 0 Å². The van der Waals surface area contributed by atoms with Crippen molar-refractivity contribution in [2.45, 2.75) is 77.6 Å². The summed E-state index contributed by atoms with van der Waals surface area (Å²) in [5.74, 6) is 1.79. The molecule has 0 aromatic heterocycles. The van der Waals surface area contributed by atoms with Crippen LogP contribution in [0.25, 0.3) is 0 Å². The maximum Gasteiger partial charge on any atom is 0.305 e. The Morgan fingerprint density at radius 1 is 0.878 bits per heavy atom. The topological polar surface area (TPSA) is 118 Å². The first-order chi connectivity index (χ1) is 19.9. The van der Waals surface area contributed by atoms with Gasteiger partial charge in [0.15, 0.2) is 5.78 Å². The van der Waals surface area contributed by atoms with Crippen molar-refractivity contribution in [1.29, 1.82) is 0 Å². The Kier molecular flexibility index (Phi) is 13.3. The summed E-state index contributed by atoms with van der Waals surface area (Å²) in [5.41, 5.74) is 2.42. The fourth-order valence-electron chi connectivity index (χ4n) is 4.63. The number of hydrogen-bond acceptors (Lipinski definition) is 8. The molecule has 2 aromatic carbocycles. The maximum atomic E-state index is 12.2. The fraction of sp³-hybridized carbons (Fsp3) is 0.531. The molecule has 0 aliphatic carbocycles. The summed E-state index contributed by atoms with van der Waals surface area (Å²) >= 11 is 0. The average Bonchev–Trinajstić information content (AvgIpc) is 2.97. The van der Waals surface area contributed by atoms with Crippen LogP contribution in [0.2, 0.25) is 0 Å². The number of ether oxygens (including phenoxy) is 5. The van der Waals surface area contributed by atoms with Crippen LogP contribution in [0.5, 0.6) is 23.0 Å². The molecule has 41 heavy (non-hydrogen) atoms. The van der Waals surface area contributed by atoms with Gasteiger partial charge in [0.25, 0.3) is 0 Å². The number of fused-ring (bicyclic) bond motifs is 1. The molecule has 0 atom stereocenters. The van der Waals surface area contributed by atoms with Gasteiger partial charge < -0.3 is 28.8 Å². The minimum absolute atomic E-state index is 0.00179. The summed E-state index contributed by atoms with van der Waals surface area (Å²) in [7, 11) is 1.37. The van der Waals surface area contributed by atoms with E-state index in [0.29, 0.717) is 81.3 Å². The minimum Gasteiger partial charge on any atom is -0.494 e. The summed E-state index contributed by atoms with van der Waals surface area (Å²) in [6.45, 7) is 4.02. The molecule has 1 aliphatic heterocycles. The van der Waals surface area contributed by atoms with Crippen LogP contribution >= 0.6 is 0 Å². The number of aryl methyl sites for hydroxylation is 1. The standard InChI is InChI=1S/C32H42O9/c1-3-9-26-29(15-13-25-27(33)17-21-41-32(25)26)40-20-7-4-6-19-39-28-14-12-24(22-23(28)11-16-30(34)35)38-18-8-5-10-31(36)37-2/h12-15,22H,3-11,16-21H2,1-2H3,(H,34,35). The molecule has 0 spiro atoms. The molecule has 0 amide bonds. The molecule has 0 bridgehead atoms. The molecule has 0 unspecified atom stereocenters. The zero-order chi connectivity index (χ0) is 29.5. The zero-order valence-corrected chi connectivity index (χ0v) is 24.2. The number of esters is 1. The van der Waals surface area contributed by atoms with Crippen LogP contribution in [0.15, 0.2) is 30.3 Å². The Balaban J connectivity index is 1.44. The van der Waals surface area contributed by atoms with Gasteiger partial charge in [-0.05, 0) is 80.8 Å². The molecule has 2 aromatic rings. The van der Waals surface area contributed by atoms with Crippen molar-refractivity contribution in [2.24, 2.45) is 0 Å². The van der Waals surface area contributed by atoms with E-state index in [1.807, 2.05) is 30.3 Å². The first-order valence-electron chi connectivity index (χ1n) is 14.5. The molecule has 0 saturated carbocycles. The van der Waals surface area contributed by atoms with Crippen molar-refractivity contribution in [3.05, 3.63) is 47.0 Å². The summed E-state index contributed by atoms with van der Waals surface area (Å²) < 4.78 is 28.4. The van der Waals surface area contributed by atoms with Crippen LogP contribution < -0.4 is 18.9 Å². The van der Waals surface area contributed by atoms with Crippen LogP contribution in [0.1, 0.15) is 86.2 Å². The lowest BCUT2D eigenvalue weighted by Gasteiger charge is -2.22. The number of carbonyl (C=O) groups is 3. The second-order valence-electron chi connectivity index (χ2n) is 9.99. The molecule has 1 aliphatic rings. The van der Waals surface area contributed by atoms with Gasteiger partial charge in [0.1, 0.15) is 23.0 Å². The van der Waals surface area contributed by atoms with E-state index in [-0.39, 0.29) is 18.2 Å². The Bertz CT molecular complexity index is 1160. The summed E-state index contributed by atoms with van der Waals surface area (Å²) in [6.07, 6.45) is 6.79. The lowest BCUT2D eigenvalue weighted by Crippen LogP contribution is -2.17. The predicted octanol–water partition coefficient (Wildman–Crippen LogP) is 5.97. The van der Waals surface area contributed by atoms with Gasteiger partial charge in [0.05, 0.1) is 39.1 Å². The number of benzene rings is 2. The Morgan fingerprint density at radius 3 is 2.32 bits per heavy atom. The molecule has 224 valence electrons. The van der Waals surface area contributed by atoms with Gasteiger partial charge in [0, 0.05) is 24.8 Å². The van der Waals surface area contributed by atoms with Crippen LogP contribution in [-0.4, -0.2) is 56.4 Å². The SMILES string of the molecule is CCCc1c(OCCCCCOc2ccc(OCCCCC(=O)OC)cc2CCC(=O)O)ccc2c1OCCC2=O. The van der Waals surface area contributed by atoms with E-state index in [1.165, 1.54) is 7.11 Å². The van der Waals surface area contributed by atoms with Gasteiger partial charge in [-0.25, -0.2) is 0 Å². The van der Waals surface area contributed by atoms with Gasteiger partial charge in [-0.2, -0.15) is 0 Å². The van der Waals surface area contributed by atoms with Crippen molar-refractivity contribution in [1.82, 2.24) is 0 Å². The predicted molar refractivity (Wildman–Crippen MR) is 153 cm³/mol. The van der Waals surface area contributed by atoms with E-state index in [0.717, 1.165) is 49.0 Å². The Hall–Kier alpha value is -3.75. The van der Waals surface area contributed by atoms with Crippen LogP contribution in [0.4, 0.5) is 0 Å². The van der Waals surface area contributed by atoms with E-state index in [1.54, 1.807) is 0 Å². The fourth-order valence-corrected chi connectivity index (χ4v) is 4.63. The highest BCUT2D eigenvalue weighted by Crippen LogP contribution is 2.36. The average molecular weight is 571 g/mol. The van der Waals surface area contributed by atoms with Crippen molar-refractivity contribution >= 4 is 17.7 Å². The first kappa shape index (κ1) is 31.8. The molecular formula is C32H42O9. The van der Waals surface area contributed by atoms with E-state index in [4.69, 9.17) is 24.1 Å². The van der Waals surface area contributed by atoms with Crippen LogP contribution in [-0.2, 0) is 27.2 Å². The number of unbranched alkanes of at least 4 members (excludes halogenated alkanes) is 3. The minimum atomic E-state index is -0.871. The largest absolute Gasteiger partial charge is 0.494 e. The summed E-state index contributed by atoms with van der Waals surface area (Å²) in [4.78, 5) is 34.6. The summed E-state index contributed by atoms with van der Waals surface area (Å²) in [5, 5.41) is 9.15. The highest BCUT2D eigenvalue weighted by Gasteiger charge is 2.23. The van der Waals surface area contributed by atoms with Crippen molar-refractivity contribution in [3.63, 3.8) is 0 Å². The normalized spacial score (nSPS) is 12.3. The zero-order valence-electron chi connectivity index (χ0n) is 24.2. The number of rotatable bonds is 19.